The van der Waals surface area contributed by atoms with Crippen molar-refractivity contribution in [3.63, 3.8) is 0 Å². The molecule has 0 spiro atoms. The number of aryl methyl sites for hydroxylation is 1. The molecule has 1 aromatic carbocycles. The van der Waals surface area contributed by atoms with Gasteiger partial charge in [0.1, 0.15) is 0 Å². The van der Waals surface area contributed by atoms with Crippen LogP contribution in [-0.2, 0) is 16.4 Å². The zero-order valence-electron chi connectivity index (χ0n) is 10.7. The van der Waals surface area contributed by atoms with Crippen molar-refractivity contribution in [2.75, 3.05) is 4.72 Å². The average Bonchev–Trinajstić information content (AvgIpc) is 2.78. The van der Waals surface area contributed by atoms with E-state index < -0.39 is 10.0 Å². The van der Waals surface area contributed by atoms with Crippen molar-refractivity contribution in [3.8, 4) is 0 Å². The van der Waals surface area contributed by atoms with Crippen LogP contribution in [0.4, 0.5) is 5.69 Å². The molecule has 0 aliphatic carbocycles. The maximum absolute atomic E-state index is 12.1. The first kappa shape index (κ1) is 14.9. The van der Waals surface area contributed by atoms with Gasteiger partial charge in [-0.1, -0.05) is 24.4 Å². The molecule has 0 radical (unpaired) electrons. The molecule has 106 valence electrons. The number of rotatable bonds is 5. The lowest BCUT2D eigenvalue weighted by Gasteiger charge is -2.06. The zero-order valence-corrected chi connectivity index (χ0v) is 13.1. The van der Waals surface area contributed by atoms with E-state index in [0.717, 1.165) is 16.9 Å². The van der Waals surface area contributed by atoms with Crippen LogP contribution in [0, 0.1) is 6.92 Å². The summed E-state index contributed by atoms with van der Waals surface area (Å²) in [6.07, 6.45) is 1.85. The molecular formula is C12H13N3O2S3. The number of aromatic nitrogens is 1. The van der Waals surface area contributed by atoms with Gasteiger partial charge < -0.3 is 5.73 Å². The Morgan fingerprint density at radius 2 is 2.05 bits per heavy atom. The lowest BCUT2D eigenvalue weighted by atomic mass is 10.1. The van der Waals surface area contributed by atoms with Gasteiger partial charge in [0.25, 0.3) is 10.0 Å². The molecule has 0 atom stereocenters. The van der Waals surface area contributed by atoms with Crippen LogP contribution < -0.4 is 10.5 Å². The monoisotopic (exact) mass is 327 g/mol. The Morgan fingerprint density at radius 1 is 1.40 bits per heavy atom. The van der Waals surface area contributed by atoms with Crippen LogP contribution in [0.5, 0.6) is 0 Å². The highest BCUT2D eigenvalue weighted by Crippen LogP contribution is 2.21. The van der Waals surface area contributed by atoms with Crippen molar-refractivity contribution in [2.45, 2.75) is 17.6 Å². The van der Waals surface area contributed by atoms with Gasteiger partial charge in [-0.25, -0.2) is 13.4 Å². The van der Waals surface area contributed by atoms with Gasteiger partial charge in [-0.2, -0.15) is 0 Å². The third kappa shape index (κ3) is 3.75. The van der Waals surface area contributed by atoms with Gasteiger partial charge in [0.05, 0.1) is 16.2 Å². The van der Waals surface area contributed by atoms with Crippen molar-refractivity contribution >= 4 is 44.3 Å². The van der Waals surface area contributed by atoms with Gasteiger partial charge in [0, 0.05) is 12.1 Å². The van der Waals surface area contributed by atoms with E-state index in [1.54, 1.807) is 31.2 Å². The van der Waals surface area contributed by atoms with Crippen LogP contribution in [-0.4, -0.2) is 18.4 Å². The van der Waals surface area contributed by atoms with Crippen LogP contribution >= 0.6 is 23.6 Å². The molecule has 0 amide bonds. The van der Waals surface area contributed by atoms with Crippen molar-refractivity contribution in [1.82, 2.24) is 4.98 Å². The van der Waals surface area contributed by atoms with Crippen molar-refractivity contribution in [1.29, 1.82) is 0 Å². The number of thiocarbonyl (C=S) groups is 1. The Kier molecular flexibility index (Phi) is 4.36. The number of nitrogens with zero attached hydrogens (tertiary/aromatic N) is 1. The Balaban J connectivity index is 2.15. The van der Waals surface area contributed by atoms with E-state index in [9.17, 15) is 8.42 Å². The van der Waals surface area contributed by atoms with Crippen LogP contribution in [0.25, 0.3) is 0 Å². The van der Waals surface area contributed by atoms with Gasteiger partial charge in [-0.15, -0.1) is 11.3 Å². The van der Waals surface area contributed by atoms with E-state index in [4.69, 9.17) is 18.0 Å². The molecule has 5 nitrogen and oxygen atoms in total. The number of thiazole rings is 1. The van der Waals surface area contributed by atoms with E-state index in [0.29, 0.717) is 22.1 Å². The Labute approximate surface area is 126 Å². The summed E-state index contributed by atoms with van der Waals surface area (Å²) in [5, 5.41) is 0.706. The van der Waals surface area contributed by atoms with E-state index >= 15 is 0 Å². The fraction of sp³-hybridized carbons (Fsp3) is 0.167. The molecule has 0 unspecified atom stereocenters. The number of hydrogen-bond donors (Lipinski definition) is 2. The lowest BCUT2D eigenvalue weighted by molar-refractivity contribution is 0.603. The molecule has 20 heavy (non-hydrogen) atoms. The molecule has 8 heteroatoms. The van der Waals surface area contributed by atoms with E-state index in [2.05, 4.69) is 9.71 Å². The summed E-state index contributed by atoms with van der Waals surface area (Å²) in [4.78, 5) is 4.34. The normalized spacial score (nSPS) is 11.2. The maximum Gasteiger partial charge on any atom is 0.273 e. The predicted octanol–water partition coefficient (Wildman–Crippen LogP) is 2.08. The number of hydrogen-bond acceptors (Lipinski definition) is 5. The highest BCUT2D eigenvalue weighted by molar-refractivity contribution is 7.94. The number of sulfonamides is 1. The summed E-state index contributed by atoms with van der Waals surface area (Å²) in [6, 6.07) is 6.93. The number of anilines is 1. The summed E-state index contributed by atoms with van der Waals surface area (Å²) < 4.78 is 26.9. The van der Waals surface area contributed by atoms with Gasteiger partial charge >= 0.3 is 0 Å². The summed E-state index contributed by atoms with van der Waals surface area (Å²) in [5.74, 6) is 0. The lowest BCUT2D eigenvalue weighted by Crippen LogP contribution is -2.12. The molecule has 0 fully saturated rings. The summed E-state index contributed by atoms with van der Waals surface area (Å²) in [7, 11) is -3.57. The third-order valence-corrected chi connectivity index (χ3v) is 5.35. The minimum absolute atomic E-state index is 0.196. The molecule has 2 aromatic rings. The van der Waals surface area contributed by atoms with Gasteiger partial charge in [-0.05, 0) is 24.6 Å². The zero-order chi connectivity index (χ0) is 14.8. The molecule has 3 N–H and O–H groups in total. The highest BCUT2D eigenvalue weighted by atomic mass is 32.2. The van der Waals surface area contributed by atoms with E-state index in [1.807, 2.05) is 0 Å². The maximum atomic E-state index is 12.1. The number of benzene rings is 1. The molecular weight excluding hydrogens is 314 g/mol. The highest BCUT2D eigenvalue weighted by Gasteiger charge is 2.17. The molecule has 0 saturated heterocycles. The van der Waals surface area contributed by atoms with Crippen LogP contribution in [0.3, 0.4) is 0 Å². The first-order chi connectivity index (χ1) is 9.37. The quantitative estimate of drug-likeness (QED) is 0.821. The molecule has 0 aliphatic heterocycles. The Hall–Kier alpha value is -1.51. The first-order valence-corrected chi connectivity index (χ1v) is 8.40. The van der Waals surface area contributed by atoms with Crippen molar-refractivity contribution in [2.24, 2.45) is 5.73 Å². The molecule has 1 heterocycles. The molecule has 0 saturated carbocycles. The van der Waals surface area contributed by atoms with E-state index in [-0.39, 0.29) is 4.21 Å². The van der Waals surface area contributed by atoms with Crippen LogP contribution in [0.15, 0.2) is 34.7 Å². The predicted molar refractivity (Wildman–Crippen MR) is 84.6 cm³/mol. The third-order valence-electron chi connectivity index (χ3n) is 2.45. The number of nitrogens with two attached hydrogens (primary N) is 1. The SMILES string of the molecule is Cc1ncc(S(=O)(=O)Nc2ccc(CC(N)=S)cc2)s1. The van der Waals surface area contributed by atoms with Crippen molar-refractivity contribution < 1.29 is 8.42 Å². The Morgan fingerprint density at radius 3 is 2.55 bits per heavy atom. The Bertz CT molecular complexity index is 721. The molecule has 1 aromatic heterocycles. The molecule has 0 bridgehead atoms. The number of nitrogens with one attached hydrogen (secondary N) is 1. The fourth-order valence-electron chi connectivity index (χ4n) is 1.56. The smallest absolute Gasteiger partial charge is 0.273 e. The fourth-order valence-corrected chi connectivity index (χ4v) is 3.90. The molecule has 2 rings (SSSR count). The van der Waals surface area contributed by atoms with Gasteiger partial charge in [-0.3, -0.25) is 4.72 Å². The minimum Gasteiger partial charge on any atom is -0.393 e. The van der Waals surface area contributed by atoms with Gasteiger partial charge in [0.2, 0.25) is 0 Å². The standard InChI is InChI=1S/C12H13N3O2S3/c1-8-14-7-12(19-8)20(16,17)15-10-4-2-9(3-5-10)6-11(13)18/h2-5,7,15H,6H2,1H3,(H2,13,18). The van der Waals surface area contributed by atoms with Crippen LogP contribution in [0.2, 0.25) is 0 Å². The average molecular weight is 327 g/mol. The first-order valence-electron chi connectivity index (χ1n) is 5.69. The second kappa shape index (κ2) is 5.86. The van der Waals surface area contributed by atoms with Crippen molar-refractivity contribution in [3.05, 3.63) is 41.0 Å². The van der Waals surface area contributed by atoms with E-state index in [1.165, 1.54) is 6.20 Å². The second-order valence-electron chi connectivity index (χ2n) is 4.14. The topological polar surface area (TPSA) is 85.1 Å². The van der Waals surface area contributed by atoms with Crippen LogP contribution in [0.1, 0.15) is 10.6 Å². The minimum atomic E-state index is -3.57. The second-order valence-corrected chi connectivity index (χ2v) is 7.81. The van der Waals surface area contributed by atoms with Gasteiger partial charge in [0.15, 0.2) is 4.21 Å². The summed E-state index contributed by atoms with van der Waals surface area (Å²) >= 11 is 5.96. The summed E-state index contributed by atoms with van der Waals surface area (Å²) in [6.45, 7) is 1.76. The summed E-state index contributed by atoms with van der Waals surface area (Å²) in [5.41, 5.74) is 6.88. The largest absolute Gasteiger partial charge is 0.393 e. The molecule has 0 aliphatic rings.